The third kappa shape index (κ3) is 2.94. The Labute approximate surface area is 120 Å². The van der Waals surface area contributed by atoms with Gasteiger partial charge in [-0.1, -0.05) is 17.4 Å². The van der Waals surface area contributed by atoms with Gasteiger partial charge in [-0.15, -0.1) is 0 Å². The van der Waals surface area contributed by atoms with Crippen LogP contribution in [0.25, 0.3) is 10.2 Å². The lowest BCUT2D eigenvalue weighted by molar-refractivity contribution is 0.319. The molecule has 3 rings (SSSR count). The summed E-state index contributed by atoms with van der Waals surface area (Å²) >= 11 is 3.29. The monoisotopic (exact) mass is 289 g/mol. The largest absolute Gasteiger partial charge is 0.375 e. The van der Waals surface area contributed by atoms with Gasteiger partial charge in [0.2, 0.25) is 0 Å². The molecule has 0 bridgehead atoms. The molecule has 0 saturated heterocycles. The second-order valence-corrected chi connectivity index (χ2v) is 6.50. The fraction of sp³-hybridized carbons (Fsp3) is 0.214. The number of aromatic nitrogens is 1. The fourth-order valence-corrected chi connectivity index (χ4v) is 3.60. The van der Waals surface area contributed by atoms with Crippen LogP contribution in [0.3, 0.4) is 0 Å². The molecule has 2 heterocycles. The highest BCUT2D eigenvalue weighted by Crippen LogP contribution is 2.25. The van der Waals surface area contributed by atoms with Crippen molar-refractivity contribution < 1.29 is 0 Å². The van der Waals surface area contributed by atoms with E-state index in [1.54, 1.807) is 22.7 Å². The minimum atomic E-state index is 0.638. The van der Waals surface area contributed by atoms with Crippen molar-refractivity contribution in [3.63, 3.8) is 0 Å². The summed E-state index contributed by atoms with van der Waals surface area (Å²) in [6, 6.07) is 8.54. The number of nitrogens with two attached hydrogens (primary N) is 1. The first kappa shape index (κ1) is 12.6. The average molecular weight is 289 g/mol. The Bertz CT molecular complexity index is 673. The summed E-state index contributed by atoms with van der Waals surface area (Å²) in [5.41, 5.74) is 9.39. The molecule has 0 spiro atoms. The minimum Gasteiger partial charge on any atom is -0.375 e. The van der Waals surface area contributed by atoms with Crippen LogP contribution in [0.1, 0.15) is 11.1 Å². The number of thiazole rings is 1. The molecule has 2 aromatic heterocycles. The number of hydrogen-bond donors (Lipinski definition) is 1. The van der Waals surface area contributed by atoms with Crippen LogP contribution in [0.2, 0.25) is 0 Å². The number of nitrogen functional groups attached to an aromatic ring is 1. The molecule has 2 N–H and O–H groups in total. The number of hydrogen-bond acceptors (Lipinski definition) is 5. The zero-order valence-electron chi connectivity index (χ0n) is 10.7. The summed E-state index contributed by atoms with van der Waals surface area (Å²) in [4.78, 5) is 6.59. The zero-order chi connectivity index (χ0) is 13.2. The molecule has 5 heteroatoms. The first-order valence-electron chi connectivity index (χ1n) is 6.05. The predicted octanol–water partition coefficient (Wildman–Crippen LogP) is 3.57. The van der Waals surface area contributed by atoms with Gasteiger partial charge in [-0.3, -0.25) is 4.90 Å². The normalized spacial score (nSPS) is 11.5. The van der Waals surface area contributed by atoms with Crippen molar-refractivity contribution in [3.05, 3.63) is 46.2 Å². The first-order valence-corrected chi connectivity index (χ1v) is 7.81. The van der Waals surface area contributed by atoms with E-state index in [4.69, 9.17) is 5.73 Å². The lowest BCUT2D eigenvalue weighted by Gasteiger charge is -2.15. The van der Waals surface area contributed by atoms with Crippen molar-refractivity contribution in [2.45, 2.75) is 13.1 Å². The molecule has 1 aromatic carbocycles. The third-order valence-electron chi connectivity index (χ3n) is 2.95. The van der Waals surface area contributed by atoms with Crippen molar-refractivity contribution in [1.29, 1.82) is 0 Å². The lowest BCUT2D eigenvalue weighted by Crippen LogP contribution is -2.16. The van der Waals surface area contributed by atoms with Gasteiger partial charge in [0.15, 0.2) is 5.13 Å². The van der Waals surface area contributed by atoms with Crippen LogP contribution in [0.4, 0.5) is 5.13 Å². The number of benzene rings is 1. The van der Waals surface area contributed by atoms with Crippen LogP contribution in [-0.2, 0) is 13.1 Å². The Morgan fingerprint density at radius 2 is 2.05 bits per heavy atom. The standard InChI is InChI=1S/C14H15N3S2/c1-17(8-11-4-5-18-9-11)7-10-2-3-12-13(6-10)19-14(15)16-12/h2-6,9H,7-8H2,1H3,(H2,15,16). The summed E-state index contributed by atoms with van der Waals surface area (Å²) in [6.07, 6.45) is 0. The van der Waals surface area contributed by atoms with Crippen LogP contribution in [-0.4, -0.2) is 16.9 Å². The zero-order valence-corrected chi connectivity index (χ0v) is 12.3. The van der Waals surface area contributed by atoms with Gasteiger partial charge in [0.1, 0.15) is 0 Å². The summed E-state index contributed by atoms with van der Waals surface area (Å²) in [5.74, 6) is 0. The molecular weight excluding hydrogens is 274 g/mol. The Morgan fingerprint density at radius 3 is 2.84 bits per heavy atom. The van der Waals surface area contributed by atoms with Gasteiger partial charge in [-0.25, -0.2) is 4.98 Å². The van der Waals surface area contributed by atoms with Crippen molar-refractivity contribution in [2.24, 2.45) is 0 Å². The quantitative estimate of drug-likeness (QED) is 0.798. The molecule has 0 radical (unpaired) electrons. The van der Waals surface area contributed by atoms with E-state index < -0.39 is 0 Å². The van der Waals surface area contributed by atoms with Gasteiger partial charge in [0.05, 0.1) is 10.2 Å². The second kappa shape index (κ2) is 5.28. The van der Waals surface area contributed by atoms with Gasteiger partial charge in [0.25, 0.3) is 0 Å². The highest BCUT2D eigenvalue weighted by Gasteiger charge is 2.05. The minimum absolute atomic E-state index is 0.638. The first-order chi connectivity index (χ1) is 9.20. The van der Waals surface area contributed by atoms with Gasteiger partial charge < -0.3 is 5.73 Å². The van der Waals surface area contributed by atoms with E-state index in [9.17, 15) is 0 Å². The van der Waals surface area contributed by atoms with E-state index in [2.05, 4.69) is 52.0 Å². The number of nitrogens with zero attached hydrogens (tertiary/aromatic N) is 2. The molecular formula is C14H15N3S2. The molecule has 0 aliphatic rings. The smallest absolute Gasteiger partial charge is 0.181 e. The van der Waals surface area contributed by atoms with Gasteiger partial charge >= 0.3 is 0 Å². The van der Waals surface area contributed by atoms with Crippen LogP contribution in [0.5, 0.6) is 0 Å². The summed E-state index contributed by atoms with van der Waals surface area (Å²) in [5, 5.41) is 4.96. The maximum atomic E-state index is 5.73. The van der Waals surface area contributed by atoms with E-state index in [0.29, 0.717) is 5.13 Å². The van der Waals surface area contributed by atoms with E-state index in [-0.39, 0.29) is 0 Å². The number of thiophene rings is 1. The molecule has 0 aliphatic carbocycles. The maximum absolute atomic E-state index is 5.73. The van der Waals surface area contributed by atoms with Crippen molar-refractivity contribution >= 4 is 38.0 Å². The molecule has 0 fully saturated rings. The summed E-state index contributed by atoms with van der Waals surface area (Å²) in [6.45, 7) is 1.91. The SMILES string of the molecule is CN(Cc1ccsc1)Cc1ccc2nc(N)sc2c1. The molecule has 0 amide bonds. The van der Waals surface area contributed by atoms with E-state index >= 15 is 0 Å². The van der Waals surface area contributed by atoms with E-state index in [0.717, 1.165) is 18.6 Å². The molecule has 0 aliphatic heterocycles. The van der Waals surface area contributed by atoms with Gasteiger partial charge in [-0.05, 0) is 47.1 Å². The molecule has 3 aromatic rings. The second-order valence-electron chi connectivity index (χ2n) is 4.66. The Balaban J connectivity index is 1.73. The lowest BCUT2D eigenvalue weighted by atomic mass is 10.2. The van der Waals surface area contributed by atoms with Crippen molar-refractivity contribution in [3.8, 4) is 0 Å². The molecule has 3 nitrogen and oxygen atoms in total. The molecule has 0 unspecified atom stereocenters. The Morgan fingerprint density at radius 1 is 1.21 bits per heavy atom. The number of rotatable bonds is 4. The highest BCUT2D eigenvalue weighted by atomic mass is 32.1. The number of fused-ring (bicyclic) bond motifs is 1. The maximum Gasteiger partial charge on any atom is 0.181 e. The van der Waals surface area contributed by atoms with E-state index in [1.165, 1.54) is 15.8 Å². The molecule has 19 heavy (non-hydrogen) atoms. The van der Waals surface area contributed by atoms with Crippen molar-refractivity contribution in [2.75, 3.05) is 12.8 Å². The highest BCUT2D eigenvalue weighted by molar-refractivity contribution is 7.22. The Hall–Kier alpha value is -1.43. The molecule has 0 atom stereocenters. The number of anilines is 1. The predicted molar refractivity (Wildman–Crippen MR) is 83.5 cm³/mol. The summed E-state index contributed by atoms with van der Waals surface area (Å²) < 4.78 is 1.17. The van der Waals surface area contributed by atoms with Crippen LogP contribution in [0, 0.1) is 0 Å². The topological polar surface area (TPSA) is 42.2 Å². The average Bonchev–Trinajstić information content (AvgIpc) is 2.96. The fourth-order valence-electron chi connectivity index (χ4n) is 2.15. The van der Waals surface area contributed by atoms with Crippen LogP contribution in [0.15, 0.2) is 35.0 Å². The molecule has 98 valence electrons. The van der Waals surface area contributed by atoms with Crippen LogP contribution < -0.4 is 5.73 Å². The van der Waals surface area contributed by atoms with E-state index in [1.807, 2.05) is 0 Å². The summed E-state index contributed by atoms with van der Waals surface area (Å²) in [7, 11) is 2.14. The third-order valence-corrected chi connectivity index (χ3v) is 4.53. The van der Waals surface area contributed by atoms with Gasteiger partial charge in [-0.2, -0.15) is 11.3 Å². The van der Waals surface area contributed by atoms with Crippen molar-refractivity contribution in [1.82, 2.24) is 9.88 Å². The Kier molecular flexibility index (Phi) is 3.50. The van der Waals surface area contributed by atoms with Crippen LogP contribution >= 0.6 is 22.7 Å². The molecule has 0 saturated carbocycles. The van der Waals surface area contributed by atoms with Gasteiger partial charge in [0, 0.05) is 13.1 Å².